The minimum absolute atomic E-state index is 0.0526. The van der Waals surface area contributed by atoms with Crippen LogP contribution in [0.15, 0.2) is 54.6 Å². The van der Waals surface area contributed by atoms with Crippen molar-refractivity contribution in [2.45, 2.75) is 46.6 Å². The van der Waals surface area contributed by atoms with Gasteiger partial charge in [-0.3, -0.25) is 14.4 Å². The summed E-state index contributed by atoms with van der Waals surface area (Å²) in [5.41, 5.74) is 2.13. The fraction of sp³-hybridized carbons (Fsp3) is 0.400. The number of amides is 2. The van der Waals surface area contributed by atoms with E-state index in [1.807, 2.05) is 56.3 Å². The molecule has 2 N–H and O–H groups in total. The molecule has 2 aromatic rings. The third-order valence-electron chi connectivity index (χ3n) is 4.46. The van der Waals surface area contributed by atoms with Crippen LogP contribution in [0.2, 0.25) is 0 Å². The van der Waals surface area contributed by atoms with Crippen LogP contribution in [0.1, 0.15) is 51.4 Å². The van der Waals surface area contributed by atoms with E-state index < -0.39 is 11.5 Å². The maximum absolute atomic E-state index is 12.3. The van der Waals surface area contributed by atoms with Crippen LogP contribution >= 0.6 is 0 Å². The van der Waals surface area contributed by atoms with Gasteiger partial charge in [0.1, 0.15) is 6.54 Å². The van der Waals surface area contributed by atoms with Gasteiger partial charge in [0, 0.05) is 11.1 Å². The Labute approximate surface area is 184 Å². The molecule has 0 fully saturated rings. The fourth-order valence-electron chi connectivity index (χ4n) is 3.68. The van der Waals surface area contributed by atoms with Gasteiger partial charge in [0.15, 0.2) is 6.61 Å². The number of nitrogens with one attached hydrogen (secondary N) is 2. The number of hydrogen-bond acceptors (Lipinski definition) is 4. The van der Waals surface area contributed by atoms with Crippen LogP contribution in [-0.2, 0) is 14.3 Å². The van der Waals surface area contributed by atoms with Gasteiger partial charge < -0.3 is 15.4 Å². The first-order valence-electron chi connectivity index (χ1n) is 10.4. The molecule has 0 atom stereocenters. The van der Waals surface area contributed by atoms with Crippen molar-refractivity contribution in [1.82, 2.24) is 10.6 Å². The second kappa shape index (κ2) is 10.2. The first-order chi connectivity index (χ1) is 14.5. The molecule has 0 spiro atoms. The highest BCUT2D eigenvalue weighted by Gasteiger charge is 2.27. The van der Waals surface area contributed by atoms with Crippen LogP contribution < -0.4 is 10.6 Å². The predicted molar refractivity (Wildman–Crippen MR) is 121 cm³/mol. The van der Waals surface area contributed by atoms with Crippen molar-refractivity contribution in [2.24, 2.45) is 5.41 Å². The van der Waals surface area contributed by atoms with Gasteiger partial charge in [-0.25, -0.2) is 0 Å². The molecule has 0 radical (unpaired) electrons. The molecular weight excluding hydrogens is 392 g/mol. The van der Waals surface area contributed by atoms with E-state index in [4.69, 9.17) is 4.74 Å². The molecule has 31 heavy (non-hydrogen) atoms. The lowest BCUT2D eigenvalue weighted by molar-refractivity contribution is -0.148. The lowest BCUT2D eigenvalue weighted by Crippen LogP contribution is -2.47. The van der Waals surface area contributed by atoms with Crippen LogP contribution in [0.3, 0.4) is 0 Å². The first-order valence-corrected chi connectivity index (χ1v) is 10.4. The van der Waals surface area contributed by atoms with Crippen LogP contribution in [0, 0.1) is 5.41 Å². The molecule has 0 aliphatic carbocycles. The highest BCUT2D eigenvalue weighted by atomic mass is 16.5. The minimum atomic E-state index is -0.668. The summed E-state index contributed by atoms with van der Waals surface area (Å²) in [4.78, 5) is 36.2. The van der Waals surface area contributed by atoms with Crippen LogP contribution in [0.25, 0.3) is 11.1 Å². The molecular formula is C25H32N2O4. The molecule has 2 rings (SSSR count). The van der Waals surface area contributed by atoms with Crippen molar-refractivity contribution in [3.63, 3.8) is 0 Å². The number of benzene rings is 2. The molecule has 2 amide bonds. The molecule has 2 aromatic carbocycles. The molecule has 166 valence electrons. The highest BCUT2D eigenvalue weighted by molar-refractivity contribution is 5.96. The molecule has 6 heteroatoms. The van der Waals surface area contributed by atoms with Gasteiger partial charge in [-0.05, 0) is 48.9 Å². The minimum Gasteiger partial charge on any atom is -0.454 e. The summed E-state index contributed by atoms with van der Waals surface area (Å²) in [6.45, 7) is 9.46. The van der Waals surface area contributed by atoms with Crippen LogP contribution in [0.4, 0.5) is 0 Å². The van der Waals surface area contributed by atoms with Crippen LogP contribution in [0.5, 0.6) is 0 Å². The Kier molecular flexibility index (Phi) is 7.97. The molecule has 0 bridgehead atoms. The van der Waals surface area contributed by atoms with Gasteiger partial charge >= 0.3 is 5.97 Å². The van der Waals surface area contributed by atoms with E-state index >= 15 is 0 Å². The average Bonchev–Trinajstić information content (AvgIpc) is 2.69. The Morgan fingerprint density at radius 1 is 0.839 bits per heavy atom. The van der Waals surface area contributed by atoms with Gasteiger partial charge in [-0.15, -0.1) is 0 Å². The van der Waals surface area contributed by atoms with Gasteiger partial charge in [0.2, 0.25) is 0 Å². The Morgan fingerprint density at radius 3 is 2.00 bits per heavy atom. The van der Waals surface area contributed by atoms with Crippen molar-refractivity contribution in [3.8, 4) is 11.1 Å². The number of carbonyl (C=O) groups is 3. The Hall–Kier alpha value is -3.15. The van der Waals surface area contributed by atoms with Crippen molar-refractivity contribution >= 4 is 17.8 Å². The Morgan fingerprint density at radius 2 is 1.42 bits per heavy atom. The molecule has 0 aromatic heterocycles. The molecule has 0 saturated heterocycles. The zero-order chi connectivity index (χ0) is 23.1. The van der Waals surface area contributed by atoms with Crippen molar-refractivity contribution in [1.29, 1.82) is 0 Å². The standard InChI is InChI=1S/C25H32N2O4/c1-24(2,3)17-25(4,5)27-21(28)16-31-22(29)15-26-23(30)20-13-11-19(12-14-20)18-9-7-6-8-10-18/h6-14H,15-17H2,1-5H3,(H,26,30)(H,27,28). The number of esters is 1. The Balaban J connectivity index is 1.77. The van der Waals surface area contributed by atoms with Gasteiger partial charge in [-0.1, -0.05) is 63.2 Å². The zero-order valence-corrected chi connectivity index (χ0v) is 19.0. The number of carbonyl (C=O) groups excluding carboxylic acids is 3. The summed E-state index contributed by atoms with van der Waals surface area (Å²) in [5, 5.41) is 5.39. The maximum Gasteiger partial charge on any atom is 0.325 e. The third kappa shape index (κ3) is 8.62. The lowest BCUT2D eigenvalue weighted by Gasteiger charge is -2.33. The number of hydrogen-bond donors (Lipinski definition) is 2. The molecule has 6 nitrogen and oxygen atoms in total. The molecule has 0 heterocycles. The predicted octanol–water partition coefficient (Wildman–Crippen LogP) is 3.96. The van der Waals surface area contributed by atoms with E-state index in [1.54, 1.807) is 12.1 Å². The maximum atomic E-state index is 12.3. The summed E-state index contributed by atoms with van der Waals surface area (Å²) >= 11 is 0. The smallest absolute Gasteiger partial charge is 0.325 e. The Bertz CT molecular complexity index is 897. The largest absolute Gasteiger partial charge is 0.454 e. The number of ether oxygens (including phenoxy) is 1. The summed E-state index contributed by atoms with van der Waals surface area (Å²) in [5.74, 6) is -1.42. The first kappa shape index (κ1) is 24.1. The van der Waals surface area contributed by atoms with E-state index in [9.17, 15) is 14.4 Å². The van der Waals surface area contributed by atoms with E-state index in [0.717, 1.165) is 17.5 Å². The normalized spacial score (nSPS) is 11.5. The quantitative estimate of drug-likeness (QED) is 0.628. The van der Waals surface area contributed by atoms with Gasteiger partial charge in [0.25, 0.3) is 11.8 Å². The van der Waals surface area contributed by atoms with Gasteiger partial charge in [-0.2, -0.15) is 0 Å². The topological polar surface area (TPSA) is 84.5 Å². The van der Waals surface area contributed by atoms with Gasteiger partial charge in [0.05, 0.1) is 0 Å². The second-order valence-corrected chi connectivity index (χ2v) is 9.46. The molecule has 0 saturated carbocycles. The van der Waals surface area contributed by atoms with E-state index in [0.29, 0.717) is 5.56 Å². The lowest BCUT2D eigenvalue weighted by atomic mass is 9.82. The van der Waals surface area contributed by atoms with Crippen molar-refractivity contribution in [2.75, 3.05) is 13.2 Å². The summed E-state index contributed by atoms with van der Waals surface area (Å²) in [6, 6.07) is 16.9. The fourth-order valence-corrected chi connectivity index (χ4v) is 3.68. The van der Waals surface area contributed by atoms with E-state index in [2.05, 4.69) is 31.4 Å². The van der Waals surface area contributed by atoms with E-state index in [1.165, 1.54) is 0 Å². The SMILES string of the molecule is CC(C)(C)CC(C)(C)NC(=O)COC(=O)CNC(=O)c1ccc(-c2ccccc2)cc1. The van der Waals surface area contributed by atoms with Crippen LogP contribution in [-0.4, -0.2) is 36.5 Å². The summed E-state index contributed by atoms with van der Waals surface area (Å²) in [6.07, 6.45) is 0.777. The average molecular weight is 425 g/mol. The second-order valence-electron chi connectivity index (χ2n) is 9.46. The zero-order valence-electron chi connectivity index (χ0n) is 19.0. The summed E-state index contributed by atoms with van der Waals surface area (Å²) in [7, 11) is 0. The molecule has 0 unspecified atom stereocenters. The highest BCUT2D eigenvalue weighted by Crippen LogP contribution is 2.26. The summed E-state index contributed by atoms with van der Waals surface area (Å²) < 4.78 is 4.98. The van der Waals surface area contributed by atoms with Crippen molar-refractivity contribution in [3.05, 3.63) is 60.2 Å². The monoisotopic (exact) mass is 424 g/mol. The third-order valence-corrected chi connectivity index (χ3v) is 4.46. The van der Waals surface area contributed by atoms with E-state index in [-0.39, 0.29) is 30.4 Å². The molecule has 0 aliphatic heterocycles. The molecule has 0 aliphatic rings. The number of rotatable bonds is 8. The van der Waals surface area contributed by atoms with Crippen molar-refractivity contribution < 1.29 is 19.1 Å².